The summed E-state index contributed by atoms with van der Waals surface area (Å²) in [6.07, 6.45) is 0. The molecule has 0 atom stereocenters. The van der Waals surface area contributed by atoms with Crippen LogP contribution in [0.3, 0.4) is 0 Å². The normalized spacial score (nSPS) is 10.7. The lowest BCUT2D eigenvalue weighted by atomic mass is 10.1. The van der Waals surface area contributed by atoms with Gasteiger partial charge in [0.2, 0.25) is 0 Å². The summed E-state index contributed by atoms with van der Waals surface area (Å²) >= 11 is 1.56. The number of benzene rings is 1. The smallest absolute Gasteiger partial charge is 0.119 e. The van der Waals surface area contributed by atoms with E-state index in [1.54, 1.807) is 11.3 Å². The van der Waals surface area contributed by atoms with Crippen molar-refractivity contribution in [3.05, 3.63) is 41.0 Å². The highest BCUT2D eigenvalue weighted by Crippen LogP contribution is 2.30. The van der Waals surface area contributed by atoms with Gasteiger partial charge in [-0.05, 0) is 12.1 Å². The quantitative estimate of drug-likeness (QED) is 0.854. The molecule has 0 spiro atoms. The second-order valence-corrected chi connectivity index (χ2v) is 4.77. The average molecular weight is 248 g/mol. The largest absolute Gasteiger partial charge is 0.389 e. The lowest BCUT2D eigenvalue weighted by Gasteiger charge is -2.02. The van der Waals surface area contributed by atoms with Crippen LogP contribution in [0.2, 0.25) is 0 Å². The minimum Gasteiger partial charge on any atom is -0.389 e. The van der Waals surface area contributed by atoms with Crippen molar-refractivity contribution in [1.29, 1.82) is 0 Å². The zero-order valence-electron chi connectivity index (χ0n) is 9.81. The van der Waals surface area contributed by atoms with Crippen molar-refractivity contribution in [2.45, 2.75) is 20.1 Å². The first-order valence-electron chi connectivity index (χ1n) is 5.70. The van der Waals surface area contributed by atoms with Gasteiger partial charge in [0.15, 0.2) is 0 Å². The summed E-state index contributed by atoms with van der Waals surface area (Å²) in [6, 6.07) is 10.2. The van der Waals surface area contributed by atoms with Gasteiger partial charge < -0.3 is 10.4 Å². The molecule has 0 aliphatic carbocycles. The molecule has 2 aromatic rings. The first-order valence-corrected chi connectivity index (χ1v) is 6.52. The van der Waals surface area contributed by atoms with E-state index >= 15 is 0 Å². The molecule has 0 aliphatic heterocycles. The van der Waals surface area contributed by atoms with Gasteiger partial charge in [0.05, 0.1) is 17.2 Å². The van der Waals surface area contributed by atoms with Crippen LogP contribution in [0, 0.1) is 0 Å². The Bertz CT molecular complexity index is 468. The topological polar surface area (TPSA) is 45.2 Å². The van der Waals surface area contributed by atoms with Gasteiger partial charge in [0, 0.05) is 6.54 Å². The molecule has 0 fully saturated rings. The fourth-order valence-electron chi connectivity index (χ4n) is 1.65. The van der Waals surface area contributed by atoms with Crippen LogP contribution in [0.25, 0.3) is 10.4 Å². The fourth-order valence-corrected chi connectivity index (χ4v) is 2.59. The number of aliphatic hydroxyl groups is 1. The first-order chi connectivity index (χ1) is 8.35. The molecule has 0 amide bonds. The molecule has 0 saturated heterocycles. The van der Waals surface area contributed by atoms with Gasteiger partial charge >= 0.3 is 0 Å². The SMILES string of the molecule is CCNCc1nc(CO)sc1-c1ccccc1. The molecule has 1 aromatic heterocycles. The van der Waals surface area contributed by atoms with Crippen molar-refractivity contribution in [3.63, 3.8) is 0 Å². The molecule has 0 radical (unpaired) electrons. The Morgan fingerprint density at radius 1 is 1.29 bits per heavy atom. The van der Waals surface area contributed by atoms with Crippen LogP contribution in [-0.2, 0) is 13.2 Å². The fraction of sp³-hybridized carbons (Fsp3) is 0.308. The van der Waals surface area contributed by atoms with Crippen LogP contribution in [0.15, 0.2) is 30.3 Å². The molecular weight excluding hydrogens is 232 g/mol. The molecule has 90 valence electrons. The number of nitrogens with one attached hydrogen (secondary N) is 1. The van der Waals surface area contributed by atoms with E-state index in [9.17, 15) is 5.11 Å². The summed E-state index contributed by atoms with van der Waals surface area (Å²) in [7, 11) is 0. The Balaban J connectivity index is 2.34. The zero-order chi connectivity index (χ0) is 12.1. The highest BCUT2D eigenvalue weighted by atomic mass is 32.1. The lowest BCUT2D eigenvalue weighted by molar-refractivity contribution is 0.281. The van der Waals surface area contributed by atoms with E-state index in [4.69, 9.17) is 0 Å². The van der Waals surface area contributed by atoms with Crippen LogP contribution in [0.5, 0.6) is 0 Å². The van der Waals surface area contributed by atoms with Crippen molar-refractivity contribution in [2.75, 3.05) is 6.54 Å². The zero-order valence-corrected chi connectivity index (χ0v) is 10.6. The maximum atomic E-state index is 9.18. The standard InChI is InChI=1S/C13H16N2OS/c1-2-14-8-11-13(17-12(9-16)15-11)10-6-4-3-5-7-10/h3-7,14,16H,2,8-9H2,1H3. The third kappa shape index (κ3) is 2.91. The molecule has 0 saturated carbocycles. The van der Waals surface area contributed by atoms with Crippen molar-refractivity contribution in [1.82, 2.24) is 10.3 Å². The molecule has 0 aliphatic rings. The van der Waals surface area contributed by atoms with Crippen LogP contribution < -0.4 is 5.32 Å². The number of aliphatic hydroxyl groups excluding tert-OH is 1. The van der Waals surface area contributed by atoms with Crippen LogP contribution >= 0.6 is 11.3 Å². The molecular formula is C13H16N2OS. The Hall–Kier alpha value is -1.23. The van der Waals surface area contributed by atoms with Gasteiger partial charge in [0.1, 0.15) is 5.01 Å². The van der Waals surface area contributed by atoms with Crippen molar-refractivity contribution < 1.29 is 5.11 Å². The molecule has 0 bridgehead atoms. The summed E-state index contributed by atoms with van der Waals surface area (Å²) in [5, 5.41) is 13.2. The minimum absolute atomic E-state index is 0.0105. The van der Waals surface area contributed by atoms with Crippen molar-refractivity contribution in [3.8, 4) is 10.4 Å². The van der Waals surface area contributed by atoms with Gasteiger partial charge in [-0.15, -0.1) is 11.3 Å². The van der Waals surface area contributed by atoms with Gasteiger partial charge in [-0.3, -0.25) is 0 Å². The number of rotatable bonds is 5. The molecule has 1 heterocycles. The van der Waals surface area contributed by atoms with E-state index in [2.05, 4.69) is 29.4 Å². The highest BCUT2D eigenvalue weighted by molar-refractivity contribution is 7.15. The van der Waals surface area contributed by atoms with E-state index in [0.717, 1.165) is 34.2 Å². The monoisotopic (exact) mass is 248 g/mol. The molecule has 1 aromatic carbocycles. The van der Waals surface area contributed by atoms with Gasteiger partial charge in [-0.1, -0.05) is 37.3 Å². The maximum Gasteiger partial charge on any atom is 0.119 e. The van der Waals surface area contributed by atoms with Crippen molar-refractivity contribution in [2.24, 2.45) is 0 Å². The van der Waals surface area contributed by atoms with E-state index < -0.39 is 0 Å². The second kappa shape index (κ2) is 5.91. The molecule has 0 unspecified atom stereocenters. The third-order valence-corrected chi connectivity index (χ3v) is 3.59. The summed E-state index contributed by atoms with van der Waals surface area (Å²) in [6.45, 7) is 3.75. The Kier molecular flexibility index (Phi) is 4.25. The summed E-state index contributed by atoms with van der Waals surface area (Å²) in [5.41, 5.74) is 2.18. The second-order valence-electron chi connectivity index (χ2n) is 3.69. The number of nitrogens with zero attached hydrogens (tertiary/aromatic N) is 1. The minimum atomic E-state index is 0.0105. The number of aromatic nitrogens is 1. The van der Waals surface area contributed by atoms with Crippen LogP contribution in [0.4, 0.5) is 0 Å². The van der Waals surface area contributed by atoms with Crippen molar-refractivity contribution >= 4 is 11.3 Å². The molecule has 3 nitrogen and oxygen atoms in total. The third-order valence-electron chi connectivity index (χ3n) is 2.46. The van der Waals surface area contributed by atoms with E-state index in [0.29, 0.717) is 0 Å². The van der Waals surface area contributed by atoms with E-state index in [1.807, 2.05) is 18.2 Å². The first kappa shape index (κ1) is 12.2. The highest BCUT2D eigenvalue weighted by Gasteiger charge is 2.11. The number of hydrogen-bond donors (Lipinski definition) is 2. The molecule has 4 heteroatoms. The maximum absolute atomic E-state index is 9.18. The molecule has 17 heavy (non-hydrogen) atoms. The van der Waals surface area contributed by atoms with Gasteiger partial charge in [-0.25, -0.2) is 4.98 Å². The van der Waals surface area contributed by atoms with E-state index in [1.165, 1.54) is 0 Å². The van der Waals surface area contributed by atoms with E-state index in [-0.39, 0.29) is 6.61 Å². The average Bonchev–Trinajstić information content (AvgIpc) is 2.80. The summed E-state index contributed by atoms with van der Waals surface area (Å²) < 4.78 is 0. The predicted octanol–water partition coefficient (Wildman–Crippen LogP) is 2.41. The lowest BCUT2D eigenvalue weighted by Crippen LogP contribution is -2.12. The van der Waals surface area contributed by atoms with Crippen LogP contribution in [0.1, 0.15) is 17.6 Å². The summed E-state index contributed by atoms with van der Waals surface area (Å²) in [4.78, 5) is 5.60. The molecule has 2 rings (SSSR count). The van der Waals surface area contributed by atoms with Crippen LogP contribution in [-0.4, -0.2) is 16.6 Å². The number of hydrogen-bond acceptors (Lipinski definition) is 4. The predicted molar refractivity (Wildman–Crippen MR) is 70.9 cm³/mol. The van der Waals surface area contributed by atoms with Gasteiger partial charge in [0.25, 0.3) is 0 Å². The molecule has 2 N–H and O–H groups in total. The Morgan fingerprint density at radius 3 is 2.71 bits per heavy atom. The Labute approximate surface area is 105 Å². The summed E-state index contributed by atoms with van der Waals surface area (Å²) in [5.74, 6) is 0. The number of thiazole rings is 1. The van der Waals surface area contributed by atoms with Gasteiger partial charge in [-0.2, -0.15) is 0 Å². The Morgan fingerprint density at radius 2 is 2.06 bits per heavy atom.